The van der Waals surface area contributed by atoms with Crippen molar-refractivity contribution in [2.24, 2.45) is 4.99 Å². The van der Waals surface area contributed by atoms with Gasteiger partial charge in [-0.1, -0.05) is 30.3 Å². The van der Waals surface area contributed by atoms with E-state index in [1.807, 2.05) is 18.2 Å². The Morgan fingerprint density at radius 2 is 1.89 bits per heavy atom. The Labute approximate surface area is 225 Å². The second-order valence-corrected chi connectivity index (χ2v) is 8.51. The predicted molar refractivity (Wildman–Crippen MR) is 143 cm³/mol. The molecule has 38 heavy (non-hydrogen) atoms. The average Bonchev–Trinajstić information content (AvgIpc) is 3.59. The van der Waals surface area contributed by atoms with E-state index in [0.29, 0.717) is 18.9 Å². The molecule has 5 N–H and O–H groups in total. The molecule has 2 heterocycles. The van der Waals surface area contributed by atoms with Crippen molar-refractivity contribution in [2.45, 2.75) is 25.6 Å². The molecule has 0 radical (unpaired) electrons. The molecule has 0 saturated carbocycles. The average molecular weight is 544 g/mol. The zero-order valence-corrected chi connectivity index (χ0v) is 21.6. The van der Waals surface area contributed by atoms with Gasteiger partial charge in [-0.3, -0.25) is 20.2 Å². The van der Waals surface area contributed by atoms with Crippen LogP contribution in [0.1, 0.15) is 29.3 Å². The first-order valence-electron chi connectivity index (χ1n) is 11.9. The van der Waals surface area contributed by atoms with Crippen LogP contribution in [0.15, 0.2) is 59.7 Å². The molecule has 2 amide bonds. The Hall–Kier alpha value is -4.32. The van der Waals surface area contributed by atoms with E-state index in [1.165, 1.54) is 6.92 Å². The van der Waals surface area contributed by atoms with Crippen molar-refractivity contribution in [3.63, 3.8) is 0 Å². The van der Waals surface area contributed by atoms with E-state index in [2.05, 4.69) is 36.5 Å². The number of carbonyl (C=O) groups excluding carboxylic acids is 3. The lowest BCUT2D eigenvalue weighted by molar-refractivity contribution is -0.152. The number of aliphatic imine (C=N–C) groups is 1. The van der Waals surface area contributed by atoms with Crippen LogP contribution in [0.5, 0.6) is 0 Å². The predicted octanol–water partition coefficient (Wildman–Crippen LogP) is 1.84. The number of amides is 2. The van der Waals surface area contributed by atoms with Crippen LogP contribution in [-0.2, 0) is 20.9 Å². The monoisotopic (exact) mass is 543 g/mol. The second-order valence-electron chi connectivity index (χ2n) is 8.51. The van der Waals surface area contributed by atoms with Gasteiger partial charge >= 0.3 is 12.1 Å². The van der Waals surface area contributed by atoms with Gasteiger partial charge in [0.1, 0.15) is 6.61 Å². The number of H-pyrrole nitrogens is 1. The number of hydrogen-bond acceptors (Lipinski definition) is 9. The Balaban J connectivity index is 0.00000400. The van der Waals surface area contributed by atoms with Gasteiger partial charge in [-0.2, -0.15) is 5.10 Å². The summed E-state index contributed by atoms with van der Waals surface area (Å²) in [6.45, 7) is 3.44. The van der Waals surface area contributed by atoms with Crippen LogP contribution < -0.4 is 21.3 Å². The number of guanidine groups is 1. The van der Waals surface area contributed by atoms with Gasteiger partial charge in [0.05, 0.1) is 24.9 Å². The lowest BCUT2D eigenvalue weighted by atomic mass is 10.1. The molecule has 0 spiro atoms. The number of alkyl carbamates (subject to hydrolysis) is 1. The summed E-state index contributed by atoms with van der Waals surface area (Å²) in [5.74, 6) is -0.711. The molecule has 4 rings (SSSR count). The Morgan fingerprint density at radius 1 is 1.08 bits per heavy atom. The molecule has 1 aliphatic heterocycles. The number of carbonyl (C=O) groups is 3. The van der Waals surface area contributed by atoms with Crippen LogP contribution in [0.3, 0.4) is 0 Å². The number of benzene rings is 2. The number of nitrogens with zero attached hydrogens (tertiary/aromatic N) is 2. The van der Waals surface area contributed by atoms with Crippen LogP contribution >= 0.6 is 12.4 Å². The zero-order chi connectivity index (χ0) is 26.1. The molecule has 2 aromatic carbocycles. The Morgan fingerprint density at radius 3 is 2.66 bits per heavy atom. The Bertz CT molecular complexity index is 1280. The molecule has 0 fully saturated rings. The minimum atomic E-state index is -1.89. The third-order valence-corrected chi connectivity index (χ3v) is 5.56. The van der Waals surface area contributed by atoms with Crippen molar-refractivity contribution >= 4 is 47.2 Å². The standard InChI is InChI=1S/C25H29N7O5.ClH/c1-25(31-24(35)37-16-17-6-3-2-4-7-17,22(34)36-13-5-10-26-23-27-11-12-28-23)30-21(33)18-8-9-20-19(14-18)15-29-32-20;/h2-4,6-9,14-15H,5,10-13,16H2,1H3,(H,29,32)(H,30,33)(H,31,35)(H2,26,27,28);1H/t25-;/m0./s1. The molecular weight excluding hydrogens is 514 g/mol. The minimum absolute atomic E-state index is 0. The summed E-state index contributed by atoms with van der Waals surface area (Å²) in [4.78, 5) is 42.9. The number of hydrogen-bond donors (Lipinski definition) is 5. The van der Waals surface area contributed by atoms with Gasteiger partial charge < -0.3 is 25.4 Å². The third kappa shape index (κ3) is 7.59. The van der Waals surface area contributed by atoms with E-state index in [4.69, 9.17) is 9.47 Å². The lowest BCUT2D eigenvalue weighted by Gasteiger charge is -2.29. The molecule has 0 bridgehead atoms. The van der Waals surface area contributed by atoms with Crippen molar-refractivity contribution in [1.82, 2.24) is 31.5 Å². The maximum Gasteiger partial charge on any atom is 0.409 e. The summed E-state index contributed by atoms with van der Waals surface area (Å²) in [6.07, 6.45) is 1.19. The molecule has 202 valence electrons. The number of fused-ring (bicyclic) bond motifs is 1. The smallest absolute Gasteiger partial charge is 0.409 e. The summed E-state index contributed by atoms with van der Waals surface area (Å²) in [7, 11) is 0. The fourth-order valence-corrected chi connectivity index (χ4v) is 3.58. The molecule has 3 aromatic rings. The number of nitrogens with one attached hydrogen (secondary N) is 5. The van der Waals surface area contributed by atoms with Crippen LogP contribution in [0.25, 0.3) is 10.9 Å². The lowest BCUT2D eigenvalue weighted by Crippen LogP contribution is -2.64. The fourth-order valence-electron chi connectivity index (χ4n) is 3.58. The van der Waals surface area contributed by atoms with Gasteiger partial charge in [0.15, 0.2) is 5.96 Å². The fraction of sp³-hybridized carbons (Fsp3) is 0.320. The minimum Gasteiger partial charge on any atom is -0.462 e. The first kappa shape index (κ1) is 28.3. The normalized spacial score (nSPS) is 13.8. The summed E-state index contributed by atoms with van der Waals surface area (Å²) in [5.41, 5.74) is -0.0795. The molecule has 1 aromatic heterocycles. The topological polar surface area (TPSA) is 159 Å². The summed E-state index contributed by atoms with van der Waals surface area (Å²) < 4.78 is 10.6. The highest BCUT2D eigenvalue weighted by molar-refractivity contribution is 6.01. The molecular formula is C25H30ClN7O5. The molecule has 0 saturated heterocycles. The van der Waals surface area contributed by atoms with Crippen molar-refractivity contribution in [1.29, 1.82) is 0 Å². The van der Waals surface area contributed by atoms with Gasteiger partial charge in [0.25, 0.3) is 5.91 Å². The number of rotatable bonds is 10. The maximum absolute atomic E-state index is 13.1. The first-order chi connectivity index (χ1) is 17.9. The van der Waals surface area contributed by atoms with Crippen LogP contribution in [0.4, 0.5) is 4.79 Å². The van der Waals surface area contributed by atoms with E-state index in [1.54, 1.807) is 36.5 Å². The number of ether oxygens (including phenoxy) is 2. The largest absolute Gasteiger partial charge is 0.462 e. The number of aromatic amines is 1. The summed E-state index contributed by atoms with van der Waals surface area (Å²) >= 11 is 0. The molecule has 1 aliphatic rings. The molecule has 12 nitrogen and oxygen atoms in total. The van der Waals surface area contributed by atoms with Gasteiger partial charge in [0.2, 0.25) is 5.66 Å². The van der Waals surface area contributed by atoms with Gasteiger partial charge in [-0.25, -0.2) is 9.59 Å². The number of esters is 1. The van der Waals surface area contributed by atoms with E-state index in [9.17, 15) is 14.4 Å². The number of halogens is 1. The third-order valence-electron chi connectivity index (χ3n) is 5.56. The highest BCUT2D eigenvalue weighted by Crippen LogP contribution is 2.14. The molecule has 0 unspecified atom stereocenters. The van der Waals surface area contributed by atoms with Crippen molar-refractivity contribution < 1.29 is 23.9 Å². The molecule has 0 aliphatic carbocycles. The van der Waals surface area contributed by atoms with Gasteiger partial charge in [-0.15, -0.1) is 12.4 Å². The van der Waals surface area contributed by atoms with Crippen molar-refractivity contribution in [2.75, 3.05) is 26.2 Å². The molecule has 13 heteroatoms. The highest BCUT2D eigenvalue weighted by Gasteiger charge is 2.39. The van der Waals surface area contributed by atoms with Crippen LogP contribution in [0.2, 0.25) is 0 Å². The summed E-state index contributed by atoms with van der Waals surface area (Å²) in [5, 5.41) is 18.7. The van der Waals surface area contributed by atoms with E-state index < -0.39 is 23.6 Å². The maximum atomic E-state index is 13.1. The van der Waals surface area contributed by atoms with E-state index >= 15 is 0 Å². The van der Waals surface area contributed by atoms with E-state index in [-0.39, 0.29) is 31.2 Å². The van der Waals surface area contributed by atoms with Crippen molar-refractivity contribution in [3.8, 4) is 0 Å². The SMILES string of the molecule is C[C@@](NC(=O)OCc1ccccc1)(NC(=O)c1ccc2[nH]ncc2c1)C(=O)OCCCNC1=NCCN1.Cl. The van der Waals surface area contributed by atoms with Crippen LogP contribution in [0, 0.1) is 0 Å². The summed E-state index contributed by atoms with van der Waals surface area (Å²) in [6, 6.07) is 14.0. The zero-order valence-electron chi connectivity index (χ0n) is 20.8. The number of aromatic nitrogens is 2. The molecule has 1 atom stereocenters. The van der Waals surface area contributed by atoms with E-state index in [0.717, 1.165) is 29.6 Å². The second kappa shape index (κ2) is 13.3. The Kier molecular flexibility index (Phi) is 9.88. The quantitative estimate of drug-likeness (QED) is 0.147. The van der Waals surface area contributed by atoms with Gasteiger partial charge in [0, 0.05) is 24.0 Å². The van der Waals surface area contributed by atoms with Gasteiger partial charge in [-0.05, 0) is 37.1 Å². The van der Waals surface area contributed by atoms with Crippen molar-refractivity contribution in [3.05, 3.63) is 65.9 Å². The van der Waals surface area contributed by atoms with Crippen LogP contribution in [-0.4, -0.2) is 66.0 Å². The first-order valence-corrected chi connectivity index (χ1v) is 11.9. The highest BCUT2D eigenvalue weighted by atomic mass is 35.5.